The van der Waals surface area contributed by atoms with Gasteiger partial charge in [0, 0.05) is 10.7 Å². The van der Waals surface area contributed by atoms with Gasteiger partial charge in [0.2, 0.25) is 0 Å². The predicted molar refractivity (Wildman–Crippen MR) is 97.0 cm³/mol. The minimum Gasteiger partial charge on any atom is -0.492 e. The van der Waals surface area contributed by atoms with Crippen LogP contribution in [0.15, 0.2) is 23.1 Å². The molecule has 5 heteroatoms. The average molecular weight is 361 g/mol. The Morgan fingerprint density at radius 1 is 1.13 bits per heavy atom. The first-order chi connectivity index (χ1) is 10.4. The third-order valence-corrected chi connectivity index (χ3v) is 5.06. The summed E-state index contributed by atoms with van der Waals surface area (Å²) < 4.78 is 29.5. The summed E-state index contributed by atoms with van der Waals surface area (Å²) in [5.74, 6) is 0.337. The van der Waals surface area contributed by atoms with Gasteiger partial charge in [-0.3, -0.25) is 0 Å². The maximum atomic E-state index is 11.9. The van der Waals surface area contributed by atoms with Gasteiger partial charge in [0.05, 0.1) is 6.61 Å². The maximum Gasteiger partial charge on any atom is 0.264 e. The zero-order chi connectivity index (χ0) is 17.9. The van der Waals surface area contributed by atoms with Crippen LogP contribution >= 0.6 is 10.7 Å². The zero-order valence-corrected chi connectivity index (χ0v) is 16.6. The second-order valence-corrected chi connectivity index (χ2v) is 10.5. The van der Waals surface area contributed by atoms with Gasteiger partial charge in [0.15, 0.2) is 0 Å². The number of rotatable bonds is 7. The van der Waals surface area contributed by atoms with Crippen molar-refractivity contribution in [1.29, 1.82) is 0 Å². The first-order valence-corrected chi connectivity index (χ1v) is 10.4. The molecule has 0 N–H and O–H groups in total. The second kappa shape index (κ2) is 7.43. The number of ether oxygens (including phenoxy) is 1. The van der Waals surface area contributed by atoms with Crippen molar-refractivity contribution in [3.63, 3.8) is 0 Å². The summed E-state index contributed by atoms with van der Waals surface area (Å²) in [6, 6.07) is 5.33. The number of hydrogen-bond donors (Lipinski definition) is 0. The highest BCUT2D eigenvalue weighted by Crippen LogP contribution is 2.39. The molecule has 0 atom stereocenters. The fourth-order valence-corrected chi connectivity index (χ4v) is 3.99. The molecule has 0 saturated heterocycles. The Labute approximate surface area is 145 Å². The normalized spacial score (nSPS) is 13.2. The van der Waals surface area contributed by atoms with E-state index < -0.39 is 9.05 Å². The Balaban J connectivity index is 3.23. The quantitative estimate of drug-likeness (QED) is 0.475. The molecule has 1 aromatic rings. The van der Waals surface area contributed by atoms with Gasteiger partial charge in [0.25, 0.3) is 9.05 Å². The van der Waals surface area contributed by atoms with Gasteiger partial charge in [-0.25, -0.2) is 8.42 Å². The highest BCUT2D eigenvalue weighted by atomic mass is 35.7. The number of halogens is 1. The molecule has 0 aliphatic heterocycles. The predicted octanol–water partition coefficient (Wildman–Crippen LogP) is 5.51. The lowest BCUT2D eigenvalue weighted by Crippen LogP contribution is -2.25. The molecule has 0 bridgehead atoms. The van der Waals surface area contributed by atoms with Crippen molar-refractivity contribution in [3.8, 4) is 5.75 Å². The summed E-state index contributed by atoms with van der Waals surface area (Å²) in [5.41, 5.74) is 0.936. The van der Waals surface area contributed by atoms with Crippen LogP contribution in [0.1, 0.15) is 66.4 Å². The molecule has 0 amide bonds. The molecule has 3 nitrogen and oxygen atoms in total. The lowest BCUT2D eigenvalue weighted by Gasteiger charge is -2.33. The smallest absolute Gasteiger partial charge is 0.264 e. The SMILES string of the molecule is CCCCOc1ccc(C(C)(C)CC(C)(C)C)cc1S(=O)(=O)Cl. The summed E-state index contributed by atoms with van der Waals surface area (Å²) in [5, 5.41) is 0. The maximum absolute atomic E-state index is 11.9. The number of hydrogen-bond acceptors (Lipinski definition) is 3. The molecule has 0 aliphatic carbocycles. The minimum atomic E-state index is -3.85. The first-order valence-electron chi connectivity index (χ1n) is 8.09. The van der Waals surface area contributed by atoms with Crippen LogP contribution in [-0.4, -0.2) is 15.0 Å². The largest absolute Gasteiger partial charge is 0.492 e. The standard InChI is InChI=1S/C18H29ClO3S/c1-7-8-11-22-15-10-9-14(12-16(15)23(19,20)21)18(5,6)13-17(2,3)4/h9-10,12H,7-8,11,13H2,1-6H3. The molecule has 1 aromatic carbocycles. The Bertz CT molecular complexity index is 628. The van der Waals surface area contributed by atoms with E-state index in [0.717, 1.165) is 24.8 Å². The molecule has 0 aromatic heterocycles. The van der Waals surface area contributed by atoms with E-state index in [4.69, 9.17) is 15.4 Å². The van der Waals surface area contributed by atoms with Crippen LogP contribution in [0.4, 0.5) is 0 Å². The van der Waals surface area contributed by atoms with Crippen LogP contribution in [0.3, 0.4) is 0 Å². The second-order valence-electron chi connectivity index (χ2n) is 7.92. The molecule has 0 radical (unpaired) electrons. The highest BCUT2D eigenvalue weighted by molar-refractivity contribution is 8.13. The van der Waals surface area contributed by atoms with E-state index in [1.54, 1.807) is 12.1 Å². The summed E-state index contributed by atoms with van der Waals surface area (Å²) in [7, 11) is 1.77. The lowest BCUT2D eigenvalue weighted by molar-refractivity contribution is 0.282. The van der Waals surface area contributed by atoms with Gasteiger partial charge in [0.1, 0.15) is 10.6 Å². The van der Waals surface area contributed by atoms with Gasteiger partial charge in [-0.15, -0.1) is 0 Å². The van der Waals surface area contributed by atoms with E-state index in [2.05, 4.69) is 41.5 Å². The number of unbranched alkanes of at least 4 members (excludes halogenated alkanes) is 1. The molecule has 0 aliphatic rings. The molecule has 0 unspecified atom stereocenters. The Hall–Kier alpha value is -0.740. The van der Waals surface area contributed by atoms with Gasteiger partial charge in [-0.2, -0.15) is 0 Å². The van der Waals surface area contributed by atoms with Crippen molar-refractivity contribution in [2.75, 3.05) is 6.61 Å². The van der Waals surface area contributed by atoms with E-state index in [1.165, 1.54) is 0 Å². The molecular weight excluding hydrogens is 332 g/mol. The van der Waals surface area contributed by atoms with Crippen LogP contribution < -0.4 is 4.74 Å². The summed E-state index contributed by atoms with van der Waals surface area (Å²) in [6.07, 6.45) is 2.79. The van der Waals surface area contributed by atoms with Crippen LogP contribution in [0.25, 0.3) is 0 Å². The topological polar surface area (TPSA) is 43.4 Å². The van der Waals surface area contributed by atoms with Crippen LogP contribution in [-0.2, 0) is 14.5 Å². The van der Waals surface area contributed by atoms with E-state index in [1.807, 2.05) is 6.07 Å². The van der Waals surface area contributed by atoms with Crippen molar-refractivity contribution in [2.45, 2.75) is 71.1 Å². The van der Waals surface area contributed by atoms with E-state index in [9.17, 15) is 8.42 Å². The molecule has 0 heterocycles. The Morgan fingerprint density at radius 3 is 2.22 bits per heavy atom. The van der Waals surface area contributed by atoms with Crippen LogP contribution in [0.2, 0.25) is 0 Å². The molecule has 1 rings (SSSR count). The lowest BCUT2D eigenvalue weighted by atomic mass is 9.72. The number of benzene rings is 1. The van der Waals surface area contributed by atoms with Gasteiger partial charge < -0.3 is 4.74 Å². The summed E-state index contributed by atoms with van der Waals surface area (Å²) in [6.45, 7) is 13.3. The minimum absolute atomic E-state index is 0.0646. The highest BCUT2D eigenvalue weighted by Gasteiger charge is 2.29. The monoisotopic (exact) mass is 360 g/mol. The van der Waals surface area contributed by atoms with Crippen molar-refractivity contribution >= 4 is 19.7 Å². The average Bonchev–Trinajstić information content (AvgIpc) is 2.35. The summed E-state index contributed by atoms with van der Waals surface area (Å²) >= 11 is 0. The molecule has 132 valence electrons. The molecule has 0 spiro atoms. The zero-order valence-electron chi connectivity index (χ0n) is 15.1. The Kier molecular flexibility index (Phi) is 6.56. The van der Waals surface area contributed by atoms with Crippen LogP contribution in [0.5, 0.6) is 5.75 Å². The third kappa shape index (κ3) is 6.34. The molecule has 23 heavy (non-hydrogen) atoms. The van der Waals surface area contributed by atoms with E-state index in [0.29, 0.717) is 12.4 Å². The molecule has 0 saturated carbocycles. The van der Waals surface area contributed by atoms with Crippen molar-refractivity contribution in [2.24, 2.45) is 5.41 Å². The van der Waals surface area contributed by atoms with Crippen molar-refractivity contribution in [3.05, 3.63) is 23.8 Å². The Morgan fingerprint density at radius 2 is 1.74 bits per heavy atom. The third-order valence-electron chi connectivity index (χ3n) is 3.72. The van der Waals surface area contributed by atoms with E-state index >= 15 is 0 Å². The van der Waals surface area contributed by atoms with Crippen molar-refractivity contribution in [1.82, 2.24) is 0 Å². The first kappa shape index (κ1) is 20.3. The van der Waals surface area contributed by atoms with Gasteiger partial charge >= 0.3 is 0 Å². The van der Waals surface area contributed by atoms with Crippen LogP contribution in [0, 0.1) is 5.41 Å². The van der Waals surface area contributed by atoms with Crippen molar-refractivity contribution < 1.29 is 13.2 Å². The van der Waals surface area contributed by atoms with Gasteiger partial charge in [-0.05, 0) is 41.4 Å². The fraction of sp³-hybridized carbons (Fsp3) is 0.667. The summed E-state index contributed by atoms with van der Waals surface area (Å²) in [4.78, 5) is 0.0646. The molecular formula is C18H29ClO3S. The fourth-order valence-electron chi connectivity index (χ4n) is 2.99. The molecule has 0 fully saturated rings. The van der Waals surface area contributed by atoms with Gasteiger partial charge in [-0.1, -0.05) is 54.0 Å². The van der Waals surface area contributed by atoms with E-state index in [-0.39, 0.29) is 15.7 Å².